The molecule has 0 amide bonds. The van der Waals surface area contributed by atoms with Crippen LogP contribution in [-0.2, 0) is 14.2 Å². The van der Waals surface area contributed by atoms with Gasteiger partial charge < -0.3 is 44.8 Å². The normalized spacial score (nSPS) is 53.5. The molecule has 2 aliphatic heterocycles. The molecule has 2 heterocycles. The van der Waals surface area contributed by atoms with Crippen LogP contribution in [0.1, 0.15) is 13.8 Å². The van der Waals surface area contributed by atoms with Gasteiger partial charge in [-0.25, -0.2) is 0 Å². The molecule has 2 fully saturated rings. The van der Waals surface area contributed by atoms with E-state index in [2.05, 4.69) is 0 Å². The minimum Gasteiger partial charge on any atom is -0.394 e. The van der Waals surface area contributed by atoms with Crippen LogP contribution in [0.5, 0.6) is 0 Å². The average molecular weight is 323 g/mol. The molecule has 2 rings (SSSR count). The molecule has 129 valence electrons. The van der Waals surface area contributed by atoms with Crippen LogP contribution in [0, 0.1) is 6.61 Å². The van der Waals surface area contributed by atoms with E-state index in [-0.39, 0.29) is 0 Å². The quantitative estimate of drug-likeness (QED) is 0.317. The lowest BCUT2D eigenvalue weighted by atomic mass is 9.93. The predicted octanol–water partition coefficient (Wildman–Crippen LogP) is -3.14. The highest BCUT2D eigenvalue weighted by Gasteiger charge is 2.53. The maximum Gasteiger partial charge on any atom is 0.195 e. The first-order chi connectivity index (χ1) is 10.2. The van der Waals surface area contributed by atoms with Gasteiger partial charge in [0, 0.05) is 0 Å². The lowest BCUT2D eigenvalue weighted by Gasteiger charge is -2.48. The maximum absolute atomic E-state index is 10.1. The van der Waals surface area contributed by atoms with E-state index in [9.17, 15) is 25.5 Å². The predicted molar refractivity (Wildman–Crippen MR) is 70.1 cm³/mol. The van der Waals surface area contributed by atoms with Crippen molar-refractivity contribution in [1.82, 2.24) is 0 Å². The smallest absolute Gasteiger partial charge is 0.195 e. The van der Waals surface area contributed by atoms with Crippen molar-refractivity contribution >= 4 is 0 Å². The highest BCUT2D eigenvalue weighted by molar-refractivity contribution is 4.98. The molecule has 0 spiro atoms. The molecule has 0 bridgehead atoms. The van der Waals surface area contributed by atoms with E-state index < -0.39 is 61.2 Å². The van der Waals surface area contributed by atoms with Crippen LogP contribution in [0.2, 0.25) is 0 Å². The van der Waals surface area contributed by atoms with Crippen molar-refractivity contribution in [2.75, 3.05) is 6.61 Å². The molecule has 0 saturated carbocycles. The Morgan fingerprint density at radius 1 is 1.05 bits per heavy atom. The summed E-state index contributed by atoms with van der Waals surface area (Å²) in [6.45, 7) is 3.44. The van der Waals surface area contributed by atoms with Gasteiger partial charge in [0.25, 0.3) is 0 Å². The fraction of sp³-hybridized carbons (Fsp3) is 0.923. The summed E-state index contributed by atoms with van der Waals surface area (Å²) in [5.74, 6) is -1.73. The van der Waals surface area contributed by atoms with Gasteiger partial charge in [-0.1, -0.05) is 0 Å². The minimum atomic E-state index is -1.73. The van der Waals surface area contributed by atoms with Crippen LogP contribution in [0.15, 0.2) is 0 Å². The Kier molecular flexibility index (Phi) is 5.42. The standard InChI is InChI=1S/C13H23O9/c1-5-8(15)11(18)12(19)13(2,21-5)22-7-4-20-6(3-14)9(16)10(7)17/h4-12,14-19H,3H2,1-2H3/t5?,6?,7?,8-,9-,10?,11?,12?,13?/m0/s1. The monoisotopic (exact) mass is 323 g/mol. The van der Waals surface area contributed by atoms with Crippen LogP contribution in [0.4, 0.5) is 0 Å². The summed E-state index contributed by atoms with van der Waals surface area (Å²) in [6, 6.07) is 0. The fourth-order valence-corrected chi connectivity index (χ4v) is 2.65. The molecular weight excluding hydrogens is 300 g/mol. The van der Waals surface area contributed by atoms with Crippen LogP contribution in [0.25, 0.3) is 0 Å². The first kappa shape index (κ1) is 18.0. The Bertz CT molecular complexity index is 381. The fourth-order valence-electron chi connectivity index (χ4n) is 2.65. The van der Waals surface area contributed by atoms with E-state index >= 15 is 0 Å². The Morgan fingerprint density at radius 2 is 1.68 bits per heavy atom. The number of aliphatic hydroxyl groups excluding tert-OH is 6. The summed E-state index contributed by atoms with van der Waals surface area (Å²) in [5, 5.41) is 58.4. The maximum atomic E-state index is 10.1. The van der Waals surface area contributed by atoms with Crippen molar-refractivity contribution < 1.29 is 44.8 Å². The van der Waals surface area contributed by atoms with Crippen molar-refractivity contribution in [2.45, 2.75) is 68.5 Å². The lowest BCUT2D eigenvalue weighted by Crippen LogP contribution is -2.66. The summed E-state index contributed by atoms with van der Waals surface area (Å²) in [6.07, 6.45) is -10.1. The van der Waals surface area contributed by atoms with Crippen LogP contribution in [-0.4, -0.2) is 91.9 Å². The molecule has 7 unspecified atom stereocenters. The molecule has 2 aliphatic rings. The Labute approximate surface area is 127 Å². The largest absolute Gasteiger partial charge is 0.394 e. The highest BCUT2D eigenvalue weighted by atomic mass is 16.7. The lowest BCUT2D eigenvalue weighted by molar-refractivity contribution is -0.372. The molecule has 9 heteroatoms. The topological polar surface area (TPSA) is 149 Å². The average Bonchev–Trinajstić information content (AvgIpc) is 2.48. The van der Waals surface area contributed by atoms with Gasteiger partial charge in [-0.3, -0.25) is 0 Å². The van der Waals surface area contributed by atoms with E-state index in [4.69, 9.17) is 19.3 Å². The molecule has 0 aliphatic carbocycles. The zero-order valence-corrected chi connectivity index (χ0v) is 12.3. The summed E-state index contributed by atoms with van der Waals surface area (Å²) >= 11 is 0. The van der Waals surface area contributed by atoms with Crippen LogP contribution in [0.3, 0.4) is 0 Å². The van der Waals surface area contributed by atoms with Gasteiger partial charge in [0.05, 0.1) is 12.7 Å². The van der Waals surface area contributed by atoms with Gasteiger partial charge in [0.2, 0.25) is 0 Å². The first-order valence-corrected chi connectivity index (χ1v) is 7.07. The summed E-state index contributed by atoms with van der Waals surface area (Å²) in [7, 11) is 0. The van der Waals surface area contributed by atoms with Crippen LogP contribution < -0.4 is 0 Å². The molecule has 0 aromatic heterocycles. The molecule has 9 atom stereocenters. The second-order valence-corrected chi connectivity index (χ2v) is 5.82. The Hall–Kier alpha value is -0.360. The van der Waals surface area contributed by atoms with Gasteiger partial charge in [-0.2, -0.15) is 0 Å². The molecule has 9 nitrogen and oxygen atoms in total. The Morgan fingerprint density at radius 3 is 2.27 bits per heavy atom. The van der Waals surface area contributed by atoms with Crippen molar-refractivity contribution in [3.8, 4) is 0 Å². The SMILES string of the molecule is CC1OC(C)(OC2[CH]OC(CO)[C@H](O)C2O)C(O)C(O)[C@H]1O. The van der Waals surface area contributed by atoms with Gasteiger partial charge >= 0.3 is 0 Å². The van der Waals surface area contributed by atoms with Crippen LogP contribution >= 0.6 is 0 Å². The zero-order chi connectivity index (χ0) is 16.7. The van der Waals surface area contributed by atoms with E-state index in [1.54, 1.807) is 0 Å². The van der Waals surface area contributed by atoms with E-state index in [1.807, 2.05) is 0 Å². The molecule has 22 heavy (non-hydrogen) atoms. The number of hydrogen-bond acceptors (Lipinski definition) is 9. The molecular formula is C13H23O9. The molecule has 2 saturated heterocycles. The number of ether oxygens (including phenoxy) is 3. The Balaban J connectivity index is 2.08. The number of hydrogen-bond donors (Lipinski definition) is 6. The third-order valence-corrected chi connectivity index (χ3v) is 4.12. The van der Waals surface area contributed by atoms with Gasteiger partial charge in [0.15, 0.2) is 5.79 Å². The van der Waals surface area contributed by atoms with Crippen molar-refractivity contribution in [2.24, 2.45) is 0 Å². The van der Waals surface area contributed by atoms with Crippen molar-refractivity contribution in [3.05, 3.63) is 6.61 Å². The van der Waals surface area contributed by atoms with Gasteiger partial charge in [0.1, 0.15) is 49.3 Å². The molecule has 0 aromatic carbocycles. The van der Waals surface area contributed by atoms with Crippen molar-refractivity contribution in [1.29, 1.82) is 0 Å². The second-order valence-electron chi connectivity index (χ2n) is 5.82. The number of rotatable bonds is 3. The third-order valence-electron chi connectivity index (χ3n) is 4.12. The number of aliphatic hydroxyl groups is 6. The third kappa shape index (κ3) is 3.14. The zero-order valence-electron chi connectivity index (χ0n) is 12.3. The van der Waals surface area contributed by atoms with Gasteiger partial charge in [-0.05, 0) is 13.8 Å². The van der Waals surface area contributed by atoms with Crippen molar-refractivity contribution in [3.63, 3.8) is 0 Å². The van der Waals surface area contributed by atoms with Gasteiger partial charge in [-0.15, -0.1) is 0 Å². The van der Waals surface area contributed by atoms with E-state index in [0.717, 1.165) is 6.61 Å². The highest BCUT2D eigenvalue weighted by Crippen LogP contribution is 2.34. The molecule has 0 aromatic rings. The van der Waals surface area contributed by atoms with E-state index in [0.29, 0.717) is 0 Å². The van der Waals surface area contributed by atoms with E-state index in [1.165, 1.54) is 13.8 Å². The first-order valence-electron chi connectivity index (χ1n) is 7.07. The molecule has 1 radical (unpaired) electrons. The second kappa shape index (κ2) is 6.63. The minimum absolute atomic E-state index is 0.486. The summed E-state index contributed by atoms with van der Waals surface area (Å²) in [5.41, 5.74) is 0. The summed E-state index contributed by atoms with van der Waals surface area (Å²) < 4.78 is 15.9. The molecule has 6 N–H and O–H groups in total. The summed E-state index contributed by atoms with van der Waals surface area (Å²) in [4.78, 5) is 0.